The first-order chi connectivity index (χ1) is 17.1. The molecule has 9 N–H and O–H groups in total. The maximum absolute atomic E-state index is 13.0. The normalized spacial score (nSPS) is 14.1. The third kappa shape index (κ3) is 11.5. The van der Waals surface area contributed by atoms with Crippen LogP contribution in [-0.4, -0.2) is 76.3 Å². The summed E-state index contributed by atoms with van der Waals surface area (Å²) in [5.41, 5.74) is 12.3. The number of carboxylic acid groups (broad SMARTS) is 2. The van der Waals surface area contributed by atoms with Gasteiger partial charge in [0.1, 0.15) is 18.1 Å². The summed E-state index contributed by atoms with van der Waals surface area (Å²) < 4.78 is 0. The molecule has 0 aliphatic rings. The molecule has 0 heterocycles. The molecule has 0 spiro atoms. The van der Waals surface area contributed by atoms with Gasteiger partial charge in [-0.15, -0.1) is 0 Å². The number of unbranched alkanes of at least 4 members (excludes halogenated alkanes) is 1. The van der Waals surface area contributed by atoms with Gasteiger partial charge in [0.25, 0.3) is 0 Å². The van der Waals surface area contributed by atoms with Gasteiger partial charge in [-0.2, -0.15) is 12.6 Å². The highest BCUT2D eigenvalue weighted by atomic mass is 32.1. The van der Waals surface area contributed by atoms with Crippen LogP contribution < -0.4 is 27.4 Å². The minimum atomic E-state index is -1.29. The standard InChI is InChI=1S/C23H35N5O7S/c24-11-5-4-8-16(21(32)28-18(13-36)23(34)35)27-22(33)17(9-10-19(29)30)26-20(31)15(25)12-14-6-2-1-3-7-14/h1-3,6-7,15-18,36H,4-5,8-13,24-25H2,(H,26,31)(H,27,33)(H,28,32)(H,29,30)(H,34,35). The Morgan fingerprint density at radius 3 is 1.92 bits per heavy atom. The number of carboxylic acids is 2. The molecule has 0 aliphatic carbocycles. The number of carbonyl (C=O) groups excluding carboxylic acids is 3. The van der Waals surface area contributed by atoms with E-state index in [9.17, 15) is 29.1 Å². The molecule has 1 aromatic rings. The van der Waals surface area contributed by atoms with Crippen LogP contribution in [0.5, 0.6) is 0 Å². The van der Waals surface area contributed by atoms with Crippen LogP contribution in [0.1, 0.15) is 37.7 Å². The first-order valence-corrected chi connectivity index (χ1v) is 12.2. The Balaban J connectivity index is 2.96. The summed E-state index contributed by atoms with van der Waals surface area (Å²) in [5.74, 6) is -4.82. The van der Waals surface area contributed by atoms with Crippen molar-refractivity contribution in [1.29, 1.82) is 0 Å². The number of carbonyl (C=O) groups is 5. The van der Waals surface area contributed by atoms with Crippen molar-refractivity contribution in [3.8, 4) is 0 Å². The van der Waals surface area contributed by atoms with Gasteiger partial charge in [0.2, 0.25) is 17.7 Å². The number of hydrogen-bond donors (Lipinski definition) is 8. The van der Waals surface area contributed by atoms with Gasteiger partial charge >= 0.3 is 11.9 Å². The molecule has 200 valence electrons. The summed E-state index contributed by atoms with van der Waals surface area (Å²) in [6.45, 7) is 0.354. The summed E-state index contributed by atoms with van der Waals surface area (Å²) in [4.78, 5) is 60.8. The molecule has 0 radical (unpaired) electrons. The molecular formula is C23H35N5O7S. The van der Waals surface area contributed by atoms with E-state index in [1.54, 1.807) is 24.3 Å². The van der Waals surface area contributed by atoms with Gasteiger partial charge in [-0.1, -0.05) is 30.3 Å². The topological polar surface area (TPSA) is 214 Å². The Bertz CT molecular complexity index is 887. The molecule has 36 heavy (non-hydrogen) atoms. The fourth-order valence-corrected chi connectivity index (χ4v) is 3.52. The second kappa shape index (κ2) is 16.5. The lowest BCUT2D eigenvalue weighted by molar-refractivity contribution is -0.141. The zero-order valence-electron chi connectivity index (χ0n) is 19.9. The van der Waals surface area contributed by atoms with E-state index in [4.69, 9.17) is 16.6 Å². The van der Waals surface area contributed by atoms with Crippen LogP contribution in [0, 0.1) is 0 Å². The molecule has 0 aliphatic heterocycles. The minimum absolute atomic E-state index is 0.154. The zero-order valence-corrected chi connectivity index (χ0v) is 20.8. The molecule has 0 saturated heterocycles. The van der Waals surface area contributed by atoms with Crippen molar-refractivity contribution in [2.75, 3.05) is 12.3 Å². The molecule has 12 nitrogen and oxygen atoms in total. The van der Waals surface area contributed by atoms with Gasteiger partial charge in [0, 0.05) is 12.2 Å². The van der Waals surface area contributed by atoms with Gasteiger partial charge < -0.3 is 37.6 Å². The lowest BCUT2D eigenvalue weighted by Gasteiger charge is -2.25. The van der Waals surface area contributed by atoms with Gasteiger partial charge in [0.05, 0.1) is 6.04 Å². The average molecular weight is 526 g/mol. The van der Waals surface area contributed by atoms with E-state index in [0.717, 1.165) is 5.56 Å². The van der Waals surface area contributed by atoms with Crippen LogP contribution in [0.25, 0.3) is 0 Å². The first-order valence-electron chi connectivity index (χ1n) is 11.5. The molecule has 3 amide bonds. The van der Waals surface area contributed by atoms with E-state index in [1.165, 1.54) is 0 Å². The highest BCUT2D eigenvalue weighted by Crippen LogP contribution is 2.07. The van der Waals surface area contributed by atoms with E-state index in [2.05, 4.69) is 28.6 Å². The van der Waals surface area contributed by atoms with E-state index < -0.39 is 60.2 Å². The molecule has 1 aromatic carbocycles. The van der Waals surface area contributed by atoms with E-state index >= 15 is 0 Å². The van der Waals surface area contributed by atoms with Gasteiger partial charge in [0.15, 0.2) is 0 Å². The number of amides is 3. The molecule has 1 rings (SSSR count). The summed E-state index contributed by atoms with van der Waals surface area (Å²) in [5, 5.41) is 25.5. The molecule has 0 saturated carbocycles. The lowest BCUT2D eigenvalue weighted by Crippen LogP contribution is -2.57. The molecular weight excluding hydrogens is 490 g/mol. The molecule has 0 bridgehead atoms. The molecule has 4 unspecified atom stereocenters. The number of aliphatic carboxylic acids is 2. The van der Waals surface area contributed by atoms with Gasteiger partial charge in [-0.05, 0) is 44.2 Å². The average Bonchev–Trinajstić information content (AvgIpc) is 2.84. The van der Waals surface area contributed by atoms with Crippen molar-refractivity contribution in [3.05, 3.63) is 35.9 Å². The lowest BCUT2D eigenvalue weighted by atomic mass is 10.0. The first kappa shape index (κ1) is 30.9. The van der Waals surface area contributed by atoms with E-state index in [1.807, 2.05) is 6.07 Å². The van der Waals surface area contributed by atoms with Crippen molar-refractivity contribution in [3.63, 3.8) is 0 Å². The van der Waals surface area contributed by atoms with Gasteiger partial charge in [-0.3, -0.25) is 19.2 Å². The van der Waals surface area contributed by atoms with Crippen molar-refractivity contribution < 1.29 is 34.2 Å². The Labute approximate surface area is 215 Å². The van der Waals surface area contributed by atoms with Crippen molar-refractivity contribution >= 4 is 42.3 Å². The smallest absolute Gasteiger partial charge is 0.327 e. The Morgan fingerprint density at radius 2 is 1.39 bits per heavy atom. The second-order valence-corrected chi connectivity index (χ2v) is 8.58. The number of thiol groups is 1. The van der Waals surface area contributed by atoms with Crippen LogP contribution >= 0.6 is 12.6 Å². The third-order valence-corrected chi connectivity index (χ3v) is 5.66. The monoisotopic (exact) mass is 525 g/mol. The van der Waals surface area contributed by atoms with Crippen LogP contribution in [0.4, 0.5) is 0 Å². The maximum Gasteiger partial charge on any atom is 0.327 e. The Morgan fingerprint density at radius 1 is 0.833 bits per heavy atom. The summed E-state index contributed by atoms with van der Waals surface area (Å²) in [7, 11) is 0. The second-order valence-electron chi connectivity index (χ2n) is 8.22. The predicted molar refractivity (Wildman–Crippen MR) is 135 cm³/mol. The van der Waals surface area contributed by atoms with Crippen molar-refractivity contribution in [2.45, 2.75) is 62.7 Å². The zero-order chi connectivity index (χ0) is 27.1. The third-order valence-electron chi connectivity index (χ3n) is 5.29. The fourth-order valence-electron chi connectivity index (χ4n) is 3.27. The molecule has 0 fully saturated rings. The molecule has 0 aromatic heterocycles. The fraction of sp³-hybridized carbons (Fsp3) is 0.522. The molecule has 4 atom stereocenters. The minimum Gasteiger partial charge on any atom is -0.481 e. The number of rotatable bonds is 17. The van der Waals surface area contributed by atoms with Crippen molar-refractivity contribution in [1.82, 2.24) is 16.0 Å². The predicted octanol–water partition coefficient (Wildman–Crippen LogP) is -0.981. The number of nitrogens with one attached hydrogen (secondary N) is 3. The Hall–Kier alpha value is -3.16. The van der Waals surface area contributed by atoms with Gasteiger partial charge in [-0.25, -0.2) is 4.79 Å². The largest absolute Gasteiger partial charge is 0.481 e. The van der Waals surface area contributed by atoms with E-state index in [-0.39, 0.29) is 25.0 Å². The highest BCUT2D eigenvalue weighted by Gasteiger charge is 2.30. The Kier molecular flexibility index (Phi) is 14.1. The maximum atomic E-state index is 13.0. The summed E-state index contributed by atoms with van der Waals surface area (Å²) in [6, 6.07) is 4.31. The number of nitrogens with two attached hydrogens (primary N) is 2. The SMILES string of the molecule is NCCCCC(NC(=O)C(CCC(=O)O)NC(=O)C(N)Cc1ccccc1)C(=O)NC(CS)C(=O)O. The van der Waals surface area contributed by atoms with Crippen LogP contribution in [-0.2, 0) is 30.4 Å². The van der Waals surface area contributed by atoms with Crippen LogP contribution in [0.3, 0.4) is 0 Å². The summed E-state index contributed by atoms with van der Waals surface area (Å²) in [6.07, 6.45) is 0.711. The molecule has 13 heteroatoms. The number of hydrogen-bond acceptors (Lipinski definition) is 8. The van der Waals surface area contributed by atoms with Crippen LogP contribution in [0.15, 0.2) is 30.3 Å². The van der Waals surface area contributed by atoms with Crippen LogP contribution in [0.2, 0.25) is 0 Å². The summed E-state index contributed by atoms with van der Waals surface area (Å²) >= 11 is 3.91. The quantitative estimate of drug-likeness (QED) is 0.0925. The van der Waals surface area contributed by atoms with Crippen molar-refractivity contribution in [2.24, 2.45) is 11.5 Å². The number of benzene rings is 1. The highest BCUT2D eigenvalue weighted by molar-refractivity contribution is 7.80. The van der Waals surface area contributed by atoms with E-state index in [0.29, 0.717) is 19.4 Å².